The number of anilines is 1. The number of para-hydroxylation sites is 1. The summed E-state index contributed by atoms with van der Waals surface area (Å²) < 4.78 is 9.82. The van der Waals surface area contributed by atoms with E-state index in [-0.39, 0.29) is 5.91 Å². The van der Waals surface area contributed by atoms with Gasteiger partial charge in [-0.25, -0.2) is 4.98 Å². The highest BCUT2D eigenvalue weighted by molar-refractivity contribution is 7.20. The SMILES string of the molecule is CCOc1cccc2sc(-n3nc(C)cc3NC(=O)c3ccnn3C)nc12. The van der Waals surface area contributed by atoms with Crippen LogP contribution in [0, 0.1) is 6.92 Å². The number of nitrogens with zero attached hydrogens (tertiary/aromatic N) is 5. The van der Waals surface area contributed by atoms with Crippen molar-refractivity contribution in [2.24, 2.45) is 7.05 Å². The van der Waals surface area contributed by atoms with E-state index < -0.39 is 0 Å². The lowest BCUT2D eigenvalue weighted by molar-refractivity contribution is 0.101. The Morgan fingerprint density at radius 3 is 2.93 bits per heavy atom. The molecule has 1 amide bonds. The van der Waals surface area contributed by atoms with Crippen LogP contribution in [0.1, 0.15) is 23.1 Å². The van der Waals surface area contributed by atoms with Gasteiger partial charge in [-0.3, -0.25) is 9.48 Å². The summed E-state index contributed by atoms with van der Waals surface area (Å²) in [7, 11) is 1.72. The van der Waals surface area contributed by atoms with E-state index in [0.29, 0.717) is 23.3 Å². The maximum Gasteiger partial charge on any atom is 0.275 e. The average Bonchev–Trinajstić information content (AvgIpc) is 3.33. The number of carbonyl (C=O) groups is 1. The zero-order valence-corrected chi connectivity index (χ0v) is 15.9. The summed E-state index contributed by atoms with van der Waals surface area (Å²) >= 11 is 1.49. The van der Waals surface area contributed by atoms with Crippen LogP contribution in [0.25, 0.3) is 15.3 Å². The second-order valence-electron chi connectivity index (χ2n) is 5.91. The van der Waals surface area contributed by atoms with Crippen molar-refractivity contribution >= 4 is 33.3 Å². The van der Waals surface area contributed by atoms with Gasteiger partial charge in [-0.05, 0) is 32.0 Å². The molecule has 0 saturated carbocycles. The molecule has 1 aromatic carbocycles. The lowest BCUT2D eigenvalue weighted by Gasteiger charge is -2.06. The average molecular weight is 382 g/mol. The lowest BCUT2D eigenvalue weighted by atomic mass is 10.3. The number of thiazole rings is 1. The first-order valence-corrected chi connectivity index (χ1v) is 9.27. The van der Waals surface area contributed by atoms with Crippen LogP contribution in [0.2, 0.25) is 0 Å². The summed E-state index contributed by atoms with van der Waals surface area (Å²) in [6.07, 6.45) is 1.58. The number of benzene rings is 1. The molecule has 0 fully saturated rings. The number of carbonyl (C=O) groups excluding carboxylic acids is 1. The summed E-state index contributed by atoms with van der Waals surface area (Å²) in [5.41, 5.74) is 2.03. The third-order valence-electron chi connectivity index (χ3n) is 3.98. The molecule has 0 aliphatic carbocycles. The normalized spacial score (nSPS) is 11.1. The Balaban J connectivity index is 1.73. The topological polar surface area (TPSA) is 86.9 Å². The highest BCUT2D eigenvalue weighted by Crippen LogP contribution is 2.32. The van der Waals surface area contributed by atoms with Crippen molar-refractivity contribution < 1.29 is 9.53 Å². The summed E-state index contributed by atoms with van der Waals surface area (Å²) in [5.74, 6) is 1.03. The van der Waals surface area contributed by atoms with Crippen LogP contribution in [0.4, 0.5) is 5.82 Å². The Morgan fingerprint density at radius 1 is 1.33 bits per heavy atom. The standard InChI is InChI=1S/C18H18N6O2S/c1-4-26-13-6-5-7-14-16(13)21-18(27-14)24-15(10-11(2)22-24)20-17(25)12-8-9-19-23(12)3/h5-10H,4H2,1-3H3,(H,20,25). The number of aryl methyl sites for hydroxylation is 2. The Labute approximate surface area is 159 Å². The van der Waals surface area contributed by atoms with Crippen molar-refractivity contribution in [3.05, 3.63) is 47.9 Å². The fourth-order valence-corrected chi connectivity index (χ4v) is 3.73. The van der Waals surface area contributed by atoms with E-state index in [9.17, 15) is 4.79 Å². The van der Waals surface area contributed by atoms with Crippen molar-refractivity contribution in [3.63, 3.8) is 0 Å². The molecule has 0 bridgehead atoms. The fourth-order valence-electron chi connectivity index (χ4n) is 2.79. The van der Waals surface area contributed by atoms with Crippen LogP contribution in [-0.2, 0) is 7.05 Å². The minimum absolute atomic E-state index is 0.257. The first-order chi connectivity index (χ1) is 13.1. The van der Waals surface area contributed by atoms with Crippen LogP contribution in [0.5, 0.6) is 5.75 Å². The summed E-state index contributed by atoms with van der Waals surface area (Å²) in [6.45, 7) is 4.38. The molecule has 0 saturated heterocycles. The number of nitrogens with one attached hydrogen (secondary N) is 1. The van der Waals surface area contributed by atoms with Crippen molar-refractivity contribution in [3.8, 4) is 10.9 Å². The number of hydrogen-bond donors (Lipinski definition) is 1. The molecule has 27 heavy (non-hydrogen) atoms. The molecule has 0 atom stereocenters. The number of aromatic nitrogens is 5. The van der Waals surface area contributed by atoms with Gasteiger partial charge in [0.25, 0.3) is 5.91 Å². The van der Waals surface area contributed by atoms with E-state index in [1.165, 1.54) is 16.0 Å². The molecular formula is C18H18N6O2S. The lowest BCUT2D eigenvalue weighted by Crippen LogP contribution is -2.18. The van der Waals surface area contributed by atoms with Gasteiger partial charge in [-0.15, -0.1) is 0 Å². The maximum absolute atomic E-state index is 12.6. The van der Waals surface area contributed by atoms with Gasteiger partial charge in [0, 0.05) is 19.3 Å². The zero-order valence-electron chi connectivity index (χ0n) is 15.1. The molecule has 4 aromatic rings. The van der Waals surface area contributed by atoms with Gasteiger partial charge in [0.1, 0.15) is 22.8 Å². The van der Waals surface area contributed by atoms with Crippen LogP contribution >= 0.6 is 11.3 Å². The zero-order chi connectivity index (χ0) is 19.0. The third kappa shape index (κ3) is 3.17. The van der Waals surface area contributed by atoms with Crippen LogP contribution in [0.3, 0.4) is 0 Å². The van der Waals surface area contributed by atoms with Crippen LogP contribution in [-0.4, -0.2) is 37.1 Å². The number of amides is 1. The molecule has 138 valence electrons. The summed E-state index contributed by atoms with van der Waals surface area (Å²) in [5, 5.41) is 12.1. The van der Waals surface area contributed by atoms with Crippen LogP contribution in [0.15, 0.2) is 36.5 Å². The van der Waals surface area contributed by atoms with E-state index in [4.69, 9.17) is 4.74 Å². The van der Waals surface area contributed by atoms with Gasteiger partial charge in [-0.1, -0.05) is 17.4 Å². The smallest absolute Gasteiger partial charge is 0.275 e. The van der Waals surface area contributed by atoms with Gasteiger partial charge in [0.05, 0.1) is 17.0 Å². The van der Waals surface area contributed by atoms with E-state index in [2.05, 4.69) is 20.5 Å². The van der Waals surface area contributed by atoms with Crippen molar-refractivity contribution in [2.75, 3.05) is 11.9 Å². The first kappa shape index (κ1) is 17.2. The third-order valence-corrected chi connectivity index (χ3v) is 4.97. The van der Waals surface area contributed by atoms with E-state index in [0.717, 1.165) is 21.7 Å². The fraction of sp³-hybridized carbons (Fsp3) is 0.222. The van der Waals surface area contributed by atoms with Gasteiger partial charge in [0.2, 0.25) is 5.13 Å². The molecule has 8 nitrogen and oxygen atoms in total. The Kier molecular flexibility index (Phi) is 4.36. The monoisotopic (exact) mass is 382 g/mol. The Morgan fingerprint density at radius 2 is 2.19 bits per heavy atom. The molecule has 0 unspecified atom stereocenters. The number of rotatable bonds is 5. The number of hydrogen-bond acceptors (Lipinski definition) is 6. The largest absolute Gasteiger partial charge is 0.492 e. The Bertz CT molecular complexity index is 1130. The molecule has 0 aliphatic heterocycles. The summed E-state index contributed by atoms with van der Waals surface area (Å²) in [4.78, 5) is 17.2. The van der Waals surface area contributed by atoms with Gasteiger partial charge in [0.15, 0.2) is 0 Å². The van der Waals surface area contributed by atoms with Gasteiger partial charge < -0.3 is 10.1 Å². The van der Waals surface area contributed by atoms with E-state index >= 15 is 0 Å². The highest BCUT2D eigenvalue weighted by Gasteiger charge is 2.18. The second kappa shape index (κ2) is 6.84. The summed E-state index contributed by atoms with van der Waals surface area (Å²) in [6, 6.07) is 9.30. The predicted molar refractivity (Wildman–Crippen MR) is 104 cm³/mol. The molecule has 0 radical (unpaired) electrons. The van der Waals surface area contributed by atoms with Crippen molar-refractivity contribution in [1.82, 2.24) is 24.5 Å². The first-order valence-electron chi connectivity index (χ1n) is 8.45. The van der Waals surface area contributed by atoms with Gasteiger partial charge >= 0.3 is 0 Å². The highest BCUT2D eigenvalue weighted by atomic mass is 32.1. The predicted octanol–water partition coefficient (Wildman–Crippen LogP) is 3.17. The molecule has 3 heterocycles. The number of fused-ring (bicyclic) bond motifs is 1. The van der Waals surface area contributed by atoms with E-state index in [1.54, 1.807) is 24.0 Å². The molecule has 1 N–H and O–H groups in total. The van der Waals surface area contributed by atoms with Crippen molar-refractivity contribution in [1.29, 1.82) is 0 Å². The van der Waals surface area contributed by atoms with Crippen LogP contribution < -0.4 is 10.1 Å². The quantitative estimate of drug-likeness (QED) is 0.573. The molecular weight excluding hydrogens is 364 g/mol. The van der Waals surface area contributed by atoms with E-state index in [1.807, 2.05) is 38.1 Å². The molecule has 3 aromatic heterocycles. The Hall–Kier alpha value is -3.20. The molecule has 0 aliphatic rings. The molecule has 0 spiro atoms. The number of ether oxygens (including phenoxy) is 1. The maximum atomic E-state index is 12.6. The molecule has 9 heteroatoms. The second-order valence-corrected chi connectivity index (χ2v) is 6.92. The minimum atomic E-state index is -0.257. The molecule has 4 rings (SSSR count). The van der Waals surface area contributed by atoms with Gasteiger partial charge in [-0.2, -0.15) is 14.9 Å². The van der Waals surface area contributed by atoms with Crippen molar-refractivity contribution in [2.45, 2.75) is 13.8 Å². The minimum Gasteiger partial charge on any atom is -0.492 e.